The second-order valence-corrected chi connectivity index (χ2v) is 6.45. The number of aliphatic hydroxyl groups is 1. The van der Waals surface area contributed by atoms with Crippen molar-refractivity contribution in [2.75, 3.05) is 11.9 Å². The van der Waals surface area contributed by atoms with Crippen LogP contribution in [0, 0.1) is 0 Å². The number of alkyl halides is 2. The van der Waals surface area contributed by atoms with Crippen LogP contribution in [0.25, 0.3) is 0 Å². The van der Waals surface area contributed by atoms with Gasteiger partial charge in [0.05, 0.1) is 17.0 Å². The summed E-state index contributed by atoms with van der Waals surface area (Å²) in [6.07, 6.45) is 0.653. The summed E-state index contributed by atoms with van der Waals surface area (Å²) < 4.78 is 47.1. The van der Waals surface area contributed by atoms with E-state index in [1.807, 2.05) is 6.92 Å². The fourth-order valence-electron chi connectivity index (χ4n) is 1.42. The lowest BCUT2D eigenvalue weighted by molar-refractivity contribution is 0.219. The first-order valence-corrected chi connectivity index (χ1v) is 7.31. The first-order chi connectivity index (χ1) is 8.75. The van der Waals surface area contributed by atoms with E-state index >= 15 is 0 Å². The maximum Gasteiger partial charge on any atom is 0.341 e. The van der Waals surface area contributed by atoms with Crippen molar-refractivity contribution in [2.45, 2.75) is 36.5 Å². The summed E-state index contributed by atoms with van der Waals surface area (Å²) >= 11 is 0. The maximum absolute atomic E-state index is 12.3. The molecule has 0 spiro atoms. The minimum Gasteiger partial charge on any atom is -0.394 e. The molecular formula is C12H17F2NO3S. The van der Waals surface area contributed by atoms with Gasteiger partial charge >= 0.3 is 5.76 Å². The summed E-state index contributed by atoms with van der Waals surface area (Å²) in [5, 5.41) is 12.3. The normalized spacial score (nSPS) is 15.3. The van der Waals surface area contributed by atoms with E-state index in [-0.39, 0.29) is 6.61 Å². The molecule has 0 aliphatic heterocycles. The first kappa shape index (κ1) is 15.8. The van der Waals surface area contributed by atoms with Gasteiger partial charge in [0.15, 0.2) is 0 Å². The van der Waals surface area contributed by atoms with Crippen LogP contribution < -0.4 is 5.32 Å². The van der Waals surface area contributed by atoms with Crippen LogP contribution in [0.15, 0.2) is 29.2 Å². The van der Waals surface area contributed by atoms with Crippen molar-refractivity contribution in [2.24, 2.45) is 0 Å². The van der Waals surface area contributed by atoms with Crippen molar-refractivity contribution in [3.05, 3.63) is 24.3 Å². The molecule has 0 aromatic heterocycles. The van der Waals surface area contributed by atoms with Gasteiger partial charge in [-0.1, -0.05) is 6.92 Å². The Morgan fingerprint density at radius 3 is 2.21 bits per heavy atom. The van der Waals surface area contributed by atoms with Crippen molar-refractivity contribution < 1.29 is 22.3 Å². The molecule has 1 aromatic rings. The lowest BCUT2D eigenvalue weighted by Gasteiger charge is -2.28. The Balaban J connectivity index is 2.95. The largest absolute Gasteiger partial charge is 0.394 e. The van der Waals surface area contributed by atoms with Crippen molar-refractivity contribution >= 4 is 15.5 Å². The van der Waals surface area contributed by atoms with Crippen molar-refractivity contribution in [3.8, 4) is 0 Å². The van der Waals surface area contributed by atoms with Crippen LogP contribution in [-0.4, -0.2) is 31.4 Å². The van der Waals surface area contributed by atoms with Gasteiger partial charge in [-0.3, -0.25) is 0 Å². The topological polar surface area (TPSA) is 66.4 Å². The van der Waals surface area contributed by atoms with E-state index in [0.717, 1.165) is 12.1 Å². The Morgan fingerprint density at radius 1 is 1.32 bits per heavy atom. The third kappa shape index (κ3) is 3.63. The van der Waals surface area contributed by atoms with Crippen LogP contribution in [0.5, 0.6) is 0 Å². The number of hydrogen-bond acceptors (Lipinski definition) is 4. The van der Waals surface area contributed by atoms with Crippen molar-refractivity contribution in [1.82, 2.24) is 0 Å². The Hall–Kier alpha value is -1.21. The second kappa shape index (κ2) is 5.83. The van der Waals surface area contributed by atoms with E-state index < -0.39 is 26.0 Å². The highest BCUT2D eigenvalue weighted by atomic mass is 32.2. The van der Waals surface area contributed by atoms with E-state index in [0.29, 0.717) is 12.1 Å². The van der Waals surface area contributed by atoms with Gasteiger partial charge in [-0.25, -0.2) is 8.42 Å². The van der Waals surface area contributed by atoms with Gasteiger partial charge in [0.1, 0.15) is 0 Å². The summed E-state index contributed by atoms with van der Waals surface area (Å²) in [6, 6.07) is 5.05. The third-order valence-electron chi connectivity index (χ3n) is 2.99. The molecule has 0 saturated carbocycles. The predicted octanol–water partition coefficient (Wildman–Crippen LogP) is 2.26. The highest BCUT2D eigenvalue weighted by molar-refractivity contribution is 7.91. The Morgan fingerprint density at radius 2 is 1.84 bits per heavy atom. The number of anilines is 1. The van der Waals surface area contributed by atoms with E-state index in [1.54, 1.807) is 6.92 Å². The molecule has 1 unspecified atom stereocenters. The summed E-state index contributed by atoms with van der Waals surface area (Å²) in [4.78, 5) is -0.421. The average molecular weight is 293 g/mol. The highest BCUT2D eigenvalue weighted by Gasteiger charge is 2.26. The van der Waals surface area contributed by atoms with Crippen LogP contribution in [0.1, 0.15) is 20.3 Å². The third-order valence-corrected chi connectivity index (χ3v) is 4.39. The van der Waals surface area contributed by atoms with E-state index in [2.05, 4.69) is 5.32 Å². The molecule has 1 aromatic carbocycles. The summed E-state index contributed by atoms with van der Waals surface area (Å²) in [5.41, 5.74) is 0.0231. The molecule has 1 atom stereocenters. The second-order valence-electron chi connectivity index (χ2n) is 4.53. The van der Waals surface area contributed by atoms with Gasteiger partial charge < -0.3 is 10.4 Å². The molecule has 2 N–H and O–H groups in total. The molecule has 1 rings (SSSR count). The molecule has 0 bridgehead atoms. The number of sulfone groups is 1. The fourth-order valence-corrected chi connectivity index (χ4v) is 2.14. The first-order valence-electron chi connectivity index (χ1n) is 5.76. The van der Waals surface area contributed by atoms with Gasteiger partial charge in [0.2, 0.25) is 9.84 Å². The number of halogens is 2. The van der Waals surface area contributed by atoms with Crippen LogP contribution in [0.4, 0.5) is 14.5 Å². The van der Waals surface area contributed by atoms with E-state index in [4.69, 9.17) is 0 Å². The molecule has 4 nitrogen and oxygen atoms in total. The lowest BCUT2D eigenvalue weighted by Crippen LogP contribution is -2.37. The number of rotatable bonds is 6. The van der Waals surface area contributed by atoms with Crippen LogP contribution >= 0.6 is 0 Å². The Kier molecular flexibility index (Phi) is 4.86. The molecule has 0 amide bonds. The van der Waals surface area contributed by atoms with E-state index in [1.165, 1.54) is 12.1 Å². The molecular weight excluding hydrogens is 276 g/mol. The van der Waals surface area contributed by atoms with Gasteiger partial charge in [-0.2, -0.15) is 8.78 Å². The summed E-state index contributed by atoms with van der Waals surface area (Å²) in [7, 11) is -4.56. The van der Waals surface area contributed by atoms with Crippen LogP contribution in [0.3, 0.4) is 0 Å². The SMILES string of the molecule is CCC(C)(CO)Nc1ccc(S(=O)(=O)C(F)F)cc1. The smallest absolute Gasteiger partial charge is 0.341 e. The minimum atomic E-state index is -4.56. The molecule has 0 fully saturated rings. The summed E-state index contributed by atoms with van der Waals surface area (Å²) in [6.45, 7) is 3.59. The molecule has 0 radical (unpaired) electrons. The molecule has 0 saturated heterocycles. The minimum absolute atomic E-state index is 0.0966. The number of nitrogens with one attached hydrogen (secondary N) is 1. The predicted molar refractivity (Wildman–Crippen MR) is 69.0 cm³/mol. The van der Waals surface area contributed by atoms with Crippen molar-refractivity contribution in [3.63, 3.8) is 0 Å². The van der Waals surface area contributed by atoms with Gasteiger partial charge in [-0.05, 0) is 37.6 Å². The van der Waals surface area contributed by atoms with Gasteiger partial charge in [0, 0.05) is 5.69 Å². The molecule has 108 valence electrons. The molecule has 0 aliphatic rings. The lowest BCUT2D eigenvalue weighted by atomic mass is 10.00. The number of aliphatic hydroxyl groups excluding tert-OH is 1. The fraction of sp³-hybridized carbons (Fsp3) is 0.500. The zero-order valence-electron chi connectivity index (χ0n) is 10.7. The molecule has 0 heterocycles. The zero-order valence-corrected chi connectivity index (χ0v) is 11.5. The number of benzene rings is 1. The van der Waals surface area contributed by atoms with Gasteiger partial charge in [-0.15, -0.1) is 0 Å². The number of hydrogen-bond donors (Lipinski definition) is 2. The zero-order chi connectivity index (χ0) is 14.7. The average Bonchev–Trinajstić information content (AvgIpc) is 2.39. The summed E-state index contributed by atoms with van der Waals surface area (Å²) in [5.74, 6) is -3.43. The van der Waals surface area contributed by atoms with Crippen LogP contribution in [0.2, 0.25) is 0 Å². The van der Waals surface area contributed by atoms with E-state index in [9.17, 15) is 22.3 Å². The van der Waals surface area contributed by atoms with Crippen LogP contribution in [-0.2, 0) is 9.84 Å². The Labute approximate surface area is 111 Å². The quantitative estimate of drug-likeness (QED) is 0.844. The van der Waals surface area contributed by atoms with Gasteiger partial charge in [0.25, 0.3) is 0 Å². The van der Waals surface area contributed by atoms with Crippen molar-refractivity contribution in [1.29, 1.82) is 0 Å². The maximum atomic E-state index is 12.3. The highest BCUT2D eigenvalue weighted by Crippen LogP contribution is 2.23. The standard InChI is InChI=1S/C12H17F2NO3S/c1-3-12(2,8-16)15-9-4-6-10(7-5-9)19(17,18)11(13)14/h4-7,11,15-16H,3,8H2,1-2H3. The monoisotopic (exact) mass is 293 g/mol. The Bertz CT molecular complexity index is 510. The molecule has 19 heavy (non-hydrogen) atoms. The molecule has 0 aliphatic carbocycles. The molecule has 7 heteroatoms.